The molecule has 1 rings (SSSR count). The molecule has 0 bridgehead atoms. The van der Waals surface area contributed by atoms with Crippen LogP contribution in [0.25, 0.3) is 0 Å². The van der Waals surface area contributed by atoms with Gasteiger partial charge in [0, 0.05) is 13.1 Å². The van der Waals surface area contributed by atoms with Gasteiger partial charge in [-0.3, -0.25) is 4.90 Å². The van der Waals surface area contributed by atoms with E-state index < -0.39 is 6.10 Å². The maximum atomic E-state index is 9.82. The number of aryl methyl sites for hydroxylation is 1. The van der Waals surface area contributed by atoms with Crippen molar-refractivity contribution in [2.75, 3.05) is 20.2 Å². The second-order valence-corrected chi connectivity index (χ2v) is 5.22. The summed E-state index contributed by atoms with van der Waals surface area (Å²) >= 11 is 0. The van der Waals surface area contributed by atoms with Crippen molar-refractivity contribution in [3.8, 4) is 0 Å². The lowest BCUT2D eigenvalue weighted by atomic mass is 10.1. The molecule has 0 fully saturated rings. The summed E-state index contributed by atoms with van der Waals surface area (Å²) in [5.41, 5.74) is 2.53. The zero-order valence-electron chi connectivity index (χ0n) is 11.9. The van der Waals surface area contributed by atoms with E-state index in [-0.39, 0.29) is 6.10 Å². The van der Waals surface area contributed by atoms with Gasteiger partial charge < -0.3 is 9.84 Å². The van der Waals surface area contributed by atoms with Crippen LogP contribution in [0, 0.1) is 6.92 Å². The van der Waals surface area contributed by atoms with E-state index in [4.69, 9.17) is 4.74 Å². The molecule has 3 heteroatoms. The quantitative estimate of drug-likeness (QED) is 0.806. The van der Waals surface area contributed by atoms with Crippen LogP contribution < -0.4 is 0 Å². The molecule has 0 radical (unpaired) electrons. The summed E-state index contributed by atoms with van der Waals surface area (Å²) in [5, 5.41) is 9.82. The molecule has 1 N–H and O–H groups in total. The van der Waals surface area contributed by atoms with Crippen LogP contribution in [-0.2, 0) is 11.3 Å². The molecule has 0 aromatic heterocycles. The third-order valence-corrected chi connectivity index (χ3v) is 2.72. The Kier molecular flexibility index (Phi) is 6.33. The number of hydrogen-bond acceptors (Lipinski definition) is 3. The van der Waals surface area contributed by atoms with E-state index in [0.29, 0.717) is 13.2 Å². The van der Waals surface area contributed by atoms with Gasteiger partial charge in [-0.25, -0.2) is 0 Å². The van der Waals surface area contributed by atoms with Crippen molar-refractivity contribution >= 4 is 0 Å². The number of aliphatic hydroxyl groups excluding tert-OH is 1. The molecule has 0 saturated heterocycles. The first-order valence-electron chi connectivity index (χ1n) is 6.51. The van der Waals surface area contributed by atoms with Crippen LogP contribution in [0.1, 0.15) is 25.0 Å². The minimum atomic E-state index is -0.428. The lowest BCUT2D eigenvalue weighted by Gasteiger charge is -2.21. The van der Waals surface area contributed by atoms with Gasteiger partial charge in [0.2, 0.25) is 0 Å². The van der Waals surface area contributed by atoms with E-state index in [0.717, 1.165) is 6.54 Å². The number of likely N-dealkylation sites (N-methyl/N-ethyl adjacent to an activating group) is 1. The molecule has 0 spiro atoms. The molecular weight excluding hydrogens is 226 g/mol. The first-order chi connectivity index (χ1) is 8.47. The van der Waals surface area contributed by atoms with Gasteiger partial charge in [-0.2, -0.15) is 0 Å². The molecule has 0 aliphatic carbocycles. The van der Waals surface area contributed by atoms with E-state index >= 15 is 0 Å². The van der Waals surface area contributed by atoms with Gasteiger partial charge in [0.1, 0.15) is 0 Å². The van der Waals surface area contributed by atoms with Gasteiger partial charge in [-0.15, -0.1) is 0 Å². The van der Waals surface area contributed by atoms with Crippen molar-refractivity contribution in [3.05, 3.63) is 35.4 Å². The molecule has 0 aliphatic rings. The highest BCUT2D eigenvalue weighted by Crippen LogP contribution is 2.06. The number of benzene rings is 1. The van der Waals surface area contributed by atoms with Crippen molar-refractivity contribution in [1.82, 2.24) is 4.90 Å². The Morgan fingerprint density at radius 2 is 1.83 bits per heavy atom. The Bertz CT molecular complexity index is 335. The molecule has 102 valence electrons. The minimum Gasteiger partial charge on any atom is -0.389 e. The Morgan fingerprint density at radius 3 is 2.39 bits per heavy atom. The maximum Gasteiger partial charge on any atom is 0.0900 e. The molecule has 1 aromatic carbocycles. The number of ether oxygens (including phenoxy) is 1. The third kappa shape index (κ3) is 6.15. The molecule has 3 nitrogen and oxygen atoms in total. The molecular formula is C15H25NO2. The summed E-state index contributed by atoms with van der Waals surface area (Å²) in [6.45, 7) is 7.90. The highest BCUT2D eigenvalue weighted by atomic mass is 16.5. The van der Waals surface area contributed by atoms with Crippen LogP contribution >= 0.6 is 0 Å². The largest absolute Gasteiger partial charge is 0.389 e. The molecule has 0 aliphatic heterocycles. The van der Waals surface area contributed by atoms with Gasteiger partial charge in [-0.05, 0) is 33.4 Å². The van der Waals surface area contributed by atoms with Crippen LogP contribution in [0.2, 0.25) is 0 Å². The second kappa shape index (κ2) is 7.52. The first kappa shape index (κ1) is 15.2. The highest BCUT2D eigenvalue weighted by molar-refractivity contribution is 5.21. The third-order valence-electron chi connectivity index (χ3n) is 2.72. The lowest BCUT2D eigenvalue weighted by Crippen LogP contribution is -2.32. The molecule has 0 heterocycles. The van der Waals surface area contributed by atoms with Gasteiger partial charge in [0.15, 0.2) is 0 Å². The average molecular weight is 251 g/mol. The van der Waals surface area contributed by atoms with Gasteiger partial charge in [0.05, 0.1) is 18.8 Å². The Hall–Kier alpha value is -0.900. The zero-order chi connectivity index (χ0) is 13.5. The van der Waals surface area contributed by atoms with Crippen molar-refractivity contribution in [1.29, 1.82) is 0 Å². The van der Waals surface area contributed by atoms with Crippen molar-refractivity contribution < 1.29 is 9.84 Å². The van der Waals surface area contributed by atoms with Crippen LogP contribution in [0.4, 0.5) is 0 Å². The van der Waals surface area contributed by atoms with Gasteiger partial charge in [0.25, 0.3) is 0 Å². The Morgan fingerprint density at radius 1 is 1.22 bits per heavy atom. The predicted octanol–water partition coefficient (Wildman–Crippen LogP) is 2.21. The fourth-order valence-electron chi connectivity index (χ4n) is 1.79. The predicted molar refractivity (Wildman–Crippen MR) is 74.6 cm³/mol. The maximum absolute atomic E-state index is 9.82. The van der Waals surface area contributed by atoms with Crippen LogP contribution in [0.3, 0.4) is 0 Å². The van der Waals surface area contributed by atoms with Crippen molar-refractivity contribution in [2.45, 2.75) is 39.5 Å². The Labute approximate surface area is 110 Å². The van der Waals surface area contributed by atoms with Gasteiger partial charge in [-0.1, -0.05) is 29.8 Å². The van der Waals surface area contributed by atoms with E-state index in [9.17, 15) is 5.11 Å². The minimum absolute atomic E-state index is 0.169. The number of aliphatic hydroxyl groups is 1. The summed E-state index contributed by atoms with van der Waals surface area (Å²) in [5.74, 6) is 0. The molecule has 0 saturated carbocycles. The number of hydrogen-bond donors (Lipinski definition) is 1. The second-order valence-electron chi connectivity index (χ2n) is 5.22. The SMILES string of the molecule is Cc1ccc(CN(C)CC(O)COC(C)C)cc1. The standard InChI is InChI=1S/C15H25NO2/c1-12(2)18-11-15(17)10-16(4)9-14-7-5-13(3)6-8-14/h5-8,12,15,17H,9-11H2,1-4H3. The van der Waals surface area contributed by atoms with Gasteiger partial charge >= 0.3 is 0 Å². The van der Waals surface area contributed by atoms with E-state index in [2.05, 4.69) is 36.1 Å². The van der Waals surface area contributed by atoms with E-state index in [1.807, 2.05) is 20.9 Å². The van der Waals surface area contributed by atoms with Crippen LogP contribution in [0.15, 0.2) is 24.3 Å². The van der Waals surface area contributed by atoms with Crippen LogP contribution in [0.5, 0.6) is 0 Å². The zero-order valence-corrected chi connectivity index (χ0v) is 11.9. The molecule has 1 unspecified atom stereocenters. The van der Waals surface area contributed by atoms with E-state index in [1.165, 1.54) is 11.1 Å². The van der Waals surface area contributed by atoms with Crippen molar-refractivity contribution in [2.24, 2.45) is 0 Å². The van der Waals surface area contributed by atoms with Crippen molar-refractivity contribution in [3.63, 3.8) is 0 Å². The Balaban J connectivity index is 2.32. The van der Waals surface area contributed by atoms with Crippen LogP contribution in [-0.4, -0.2) is 42.4 Å². The lowest BCUT2D eigenvalue weighted by molar-refractivity contribution is -0.00634. The number of nitrogens with zero attached hydrogens (tertiary/aromatic N) is 1. The number of rotatable bonds is 7. The smallest absolute Gasteiger partial charge is 0.0900 e. The molecule has 1 atom stereocenters. The summed E-state index contributed by atoms with van der Waals surface area (Å²) < 4.78 is 5.39. The van der Waals surface area contributed by atoms with E-state index in [1.54, 1.807) is 0 Å². The molecule has 1 aromatic rings. The summed E-state index contributed by atoms with van der Waals surface area (Å²) in [4.78, 5) is 2.11. The topological polar surface area (TPSA) is 32.7 Å². The fourth-order valence-corrected chi connectivity index (χ4v) is 1.79. The molecule has 18 heavy (non-hydrogen) atoms. The summed E-state index contributed by atoms with van der Waals surface area (Å²) in [7, 11) is 2.01. The fraction of sp³-hybridized carbons (Fsp3) is 0.600. The summed E-state index contributed by atoms with van der Waals surface area (Å²) in [6.07, 6.45) is -0.259. The first-order valence-corrected chi connectivity index (χ1v) is 6.51. The summed E-state index contributed by atoms with van der Waals surface area (Å²) in [6, 6.07) is 8.48. The normalized spacial score (nSPS) is 13.3. The average Bonchev–Trinajstić information content (AvgIpc) is 2.29. The molecule has 0 amide bonds. The monoisotopic (exact) mass is 251 g/mol. The highest BCUT2D eigenvalue weighted by Gasteiger charge is 2.09.